The highest BCUT2D eigenvalue weighted by Crippen LogP contribution is 2.70. The molecule has 1 aliphatic heterocycles. The van der Waals surface area contributed by atoms with Crippen LogP contribution in [0, 0.1) is 35.5 Å². The van der Waals surface area contributed by atoms with E-state index in [0.717, 1.165) is 35.1 Å². The molecule has 8 nitrogen and oxygen atoms in total. The molecule has 1 heterocycles. The first-order valence-corrected chi connectivity index (χ1v) is 15.7. The topological polar surface area (TPSA) is 128 Å². The Kier molecular flexibility index (Phi) is 6.94. The molecule has 8 heteroatoms. The number of hydrogen-bond acceptors (Lipinski definition) is 8. The summed E-state index contributed by atoms with van der Waals surface area (Å²) in [7, 11) is 0. The van der Waals surface area contributed by atoms with Gasteiger partial charge < -0.3 is 30.2 Å². The van der Waals surface area contributed by atoms with Gasteiger partial charge in [-0.1, -0.05) is 43.7 Å². The molecule has 0 aromatic heterocycles. The Morgan fingerprint density at radius 3 is 2.77 bits per heavy atom. The van der Waals surface area contributed by atoms with Crippen LogP contribution in [0.5, 0.6) is 5.75 Å². The second-order valence-electron chi connectivity index (χ2n) is 14.0. The standard InChI is InChI=1S/C36H41NO7/c1-20-11-22(14-26(12-20)42-19-21-5-4-6-24(37)13-21)33-43-31-16-28-27-8-7-23-15-25(39)9-10-34(23,2)32(27)29(40)17-35(28,3)36(31,44-33)30(41)18-38/h4-6,9-15,27-29,31-33,38,40H,7-8,16-19,37H2,1-3H3/t27-,28?,29-,31+,32?,33-,34-,35-,36+/m0/s1. The normalized spacial score (nSPS) is 38.8. The van der Waals surface area contributed by atoms with Gasteiger partial charge in [0.2, 0.25) is 0 Å². The molecule has 3 saturated carbocycles. The van der Waals surface area contributed by atoms with Crippen LogP contribution in [-0.2, 0) is 25.7 Å². The predicted octanol–water partition coefficient (Wildman–Crippen LogP) is 4.76. The highest BCUT2D eigenvalue weighted by Gasteiger charge is 2.75. The smallest absolute Gasteiger partial charge is 0.193 e. The van der Waals surface area contributed by atoms with Gasteiger partial charge in [-0.15, -0.1) is 0 Å². The minimum atomic E-state index is -1.40. The van der Waals surface area contributed by atoms with Crippen molar-refractivity contribution in [3.05, 3.63) is 83.0 Å². The fourth-order valence-corrected chi connectivity index (χ4v) is 9.68. The summed E-state index contributed by atoms with van der Waals surface area (Å²) in [6, 6.07) is 13.3. The van der Waals surface area contributed by atoms with Crippen LogP contribution in [0.15, 0.2) is 66.3 Å². The lowest BCUT2D eigenvalue weighted by molar-refractivity contribution is -0.201. The molecule has 2 aromatic rings. The number of rotatable bonds is 6. The van der Waals surface area contributed by atoms with E-state index in [1.165, 1.54) is 0 Å². The van der Waals surface area contributed by atoms with E-state index >= 15 is 0 Å². The van der Waals surface area contributed by atoms with Gasteiger partial charge in [-0.2, -0.15) is 0 Å². The molecule has 9 atom stereocenters. The van der Waals surface area contributed by atoms with E-state index in [2.05, 4.69) is 6.92 Å². The van der Waals surface area contributed by atoms with E-state index in [-0.39, 0.29) is 23.5 Å². The first kappa shape index (κ1) is 29.4. The van der Waals surface area contributed by atoms with Crippen LogP contribution in [0.25, 0.3) is 0 Å². The van der Waals surface area contributed by atoms with Crippen molar-refractivity contribution in [1.82, 2.24) is 0 Å². The van der Waals surface area contributed by atoms with Gasteiger partial charge in [0.15, 0.2) is 23.5 Å². The number of carbonyl (C=O) groups excluding carboxylic acids is 2. The molecule has 4 fully saturated rings. The quantitative estimate of drug-likeness (QED) is 0.406. The van der Waals surface area contributed by atoms with Gasteiger partial charge in [-0.05, 0) is 92.0 Å². The molecule has 1 saturated heterocycles. The molecule has 7 rings (SSSR count). The summed E-state index contributed by atoms with van der Waals surface area (Å²) in [5.74, 6) is 0.296. The van der Waals surface area contributed by atoms with E-state index in [4.69, 9.17) is 19.9 Å². The van der Waals surface area contributed by atoms with Crippen molar-refractivity contribution in [3.8, 4) is 5.75 Å². The van der Waals surface area contributed by atoms with Crippen molar-refractivity contribution in [2.24, 2.45) is 28.6 Å². The molecule has 0 spiro atoms. The van der Waals surface area contributed by atoms with Crippen LogP contribution in [0.3, 0.4) is 0 Å². The third-order valence-corrected chi connectivity index (χ3v) is 11.5. The number of ether oxygens (including phenoxy) is 3. The number of allylic oxidation sites excluding steroid dienone is 4. The van der Waals surface area contributed by atoms with Gasteiger partial charge in [0, 0.05) is 28.0 Å². The second-order valence-corrected chi connectivity index (χ2v) is 14.0. The first-order chi connectivity index (χ1) is 21.0. The third-order valence-electron chi connectivity index (χ3n) is 11.5. The van der Waals surface area contributed by atoms with Crippen LogP contribution < -0.4 is 10.5 Å². The van der Waals surface area contributed by atoms with Gasteiger partial charge in [0.25, 0.3) is 0 Å². The monoisotopic (exact) mass is 599 g/mol. The molecule has 0 amide bonds. The third kappa shape index (κ3) is 4.25. The minimum Gasteiger partial charge on any atom is -0.489 e. The Balaban J connectivity index is 1.19. The van der Waals surface area contributed by atoms with E-state index < -0.39 is 47.3 Å². The Labute approximate surface area is 257 Å². The molecule has 2 aromatic carbocycles. The fourth-order valence-electron chi connectivity index (χ4n) is 9.68. The maximum atomic E-state index is 13.8. The number of Topliss-reactive ketones (excluding diaryl/α,β-unsaturated/α-hetero) is 1. The molecule has 0 bridgehead atoms. The summed E-state index contributed by atoms with van der Waals surface area (Å²) in [4.78, 5) is 26.0. The molecule has 4 aliphatic carbocycles. The number of fused-ring (bicyclic) bond motifs is 7. The van der Waals surface area contributed by atoms with Gasteiger partial charge in [0.05, 0.1) is 12.2 Å². The molecule has 232 valence electrons. The Morgan fingerprint density at radius 2 is 2.00 bits per heavy atom. The van der Waals surface area contributed by atoms with Crippen molar-refractivity contribution < 1.29 is 34.0 Å². The predicted molar refractivity (Wildman–Crippen MR) is 163 cm³/mol. The van der Waals surface area contributed by atoms with E-state index in [1.807, 2.05) is 62.4 Å². The van der Waals surface area contributed by atoms with Gasteiger partial charge in [-0.3, -0.25) is 9.59 Å². The zero-order valence-corrected chi connectivity index (χ0v) is 25.5. The number of aliphatic hydroxyl groups is 2. The average Bonchev–Trinajstić information content (AvgIpc) is 3.49. The number of hydrogen-bond donors (Lipinski definition) is 3. The largest absolute Gasteiger partial charge is 0.489 e. The first-order valence-electron chi connectivity index (χ1n) is 15.7. The van der Waals surface area contributed by atoms with Gasteiger partial charge >= 0.3 is 0 Å². The molecule has 44 heavy (non-hydrogen) atoms. The van der Waals surface area contributed by atoms with Crippen LogP contribution in [0.1, 0.15) is 62.5 Å². The summed E-state index contributed by atoms with van der Waals surface area (Å²) in [5.41, 5.74) is 7.74. The van der Waals surface area contributed by atoms with Crippen molar-refractivity contribution in [1.29, 1.82) is 0 Å². The van der Waals surface area contributed by atoms with Gasteiger partial charge in [-0.25, -0.2) is 0 Å². The number of ketones is 2. The SMILES string of the molecule is Cc1cc(OCc2cccc(N)c2)cc([C@H]2O[C@@H]3CC4[C@@H]5CCC6=CC(=O)C=C[C@]6(C)C5[C@@H](O)C[C@]4(C)[C@]3(C(=O)CO)O2)c1. The lowest BCUT2D eigenvalue weighted by atomic mass is 9.46. The number of benzene rings is 2. The van der Waals surface area contributed by atoms with Crippen LogP contribution in [0.2, 0.25) is 0 Å². The van der Waals surface area contributed by atoms with E-state index in [0.29, 0.717) is 30.9 Å². The van der Waals surface area contributed by atoms with Crippen molar-refractivity contribution in [3.63, 3.8) is 0 Å². The van der Waals surface area contributed by atoms with E-state index in [9.17, 15) is 19.8 Å². The highest BCUT2D eigenvalue weighted by molar-refractivity contribution is 6.01. The Hall–Kier alpha value is -3.30. The lowest BCUT2D eigenvalue weighted by Crippen LogP contribution is -2.63. The van der Waals surface area contributed by atoms with E-state index in [1.54, 1.807) is 12.2 Å². The summed E-state index contributed by atoms with van der Waals surface area (Å²) in [6.07, 6.45) is 5.73. The summed E-state index contributed by atoms with van der Waals surface area (Å²) >= 11 is 0. The summed E-state index contributed by atoms with van der Waals surface area (Å²) < 4.78 is 19.5. The van der Waals surface area contributed by atoms with Crippen LogP contribution in [0.4, 0.5) is 5.69 Å². The number of carbonyl (C=O) groups is 2. The van der Waals surface area contributed by atoms with Gasteiger partial charge in [0.1, 0.15) is 19.0 Å². The number of aryl methyl sites for hydroxylation is 1. The number of nitrogen functional groups attached to an aromatic ring is 1. The zero-order chi connectivity index (χ0) is 31.0. The van der Waals surface area contributed by atoms with Crippen molar-refractivity contribution in [2.75, 3.05) is 12.3 Å². The van der Waals surface area contributed by atoms with Crippen molar-refractivity contribution >= 4 is 17.3 Å². The van der Waals surface area contributed by atoms with Crippen LogP contribution in [-0.4, -0.2) is 46.2 Å². The molecule has 2 unspecified atom stereocenters. The second kappa shape index (κ2) is 10.4. The highest BCUT2D eigenvalue weighted by atomic mass is 16.7. The maximum Gasteiger partial charge on any atom is 0.193 e. The molecule has 5 aliphatic rings. The Bertz CT molecular complexity index is 1580. The molecule has 0 radical (unpaired) electrons. The molecule has 4 N–H and O–H groups in total. The lowest BCUT2D eigenvalue weighted by Gasteiger charge is -2.59. The number of nitrogens with two attached hydrogens (primary N) is 1. The Morgan fingerprint density at radius 1 is 1.18 bits per heavy atom. The average molecular weight is 600 g/mol. The summed E-state index contributed by atoms with van der Waals surface area (Å²) in [6.45, 7) is 5.81. The molecular weight excluding hydrogens is 558 g/mol. The fraction of sp³-hybridized carbons (Fsp3) is 0.500. The number of aliphatic hydroxyl groups excluding tert-OH is 2. The van der Waals surface area contributed by atoms with Crippen LogP contribution >= 0.6 is 0 Å². The minimum absolute atomic E-state index is 0.00346. The summed E-state index contributed by atoms with van der Waals surface area (Å²) in [5, 5.41) is 22.1. The maximum absolute atomic E-state index is 13.8. The number of anilines is 1. The molecular formula is C36H41NO7. The zero-order valence-electron chi connectivity index (χ0n) is 25.5. The van der Waals surface area contributed by atoms with Crippen molar-refractivity contribution in [2.45, 2.75) is 77.2 Å².